The van der Waals surface area contributed by atoms with Gasteiger partial charge in [0.2, 0.25) is 0 Å². The van der Waals surface area contributed by atoms with Crippen molar-refractivity contribution in [2.24, 2.45) is 0 Å². The molecule has 0 aliphatic carbocycles. The molecule has 0 bridgehead atoms. The van der Waals surface area contributed by atoms with Crippen molar-refractivity contribution in [2.45, 2.75) is 13.0 Å². The average Bonchev–Trinajstić information content (AvgIpc) is 2.36. The summed E-state index contributed by atoms with van der Waals surface area (Å²) in [5.41, 5.74) is 1.56. The highest BCUT2D eigenvalue weighted by Crippen LogP contribution is 2.29. The van der Waals surface area contributed by atoms with Crippen molar-refractivity contribution >= 4 is 27.5 Å². The normalized spacial score (nSPS) is 12.4. The second-order valence-electron chi connectivity index (χ2n) is 4.21. The Morgan fingerprint density at radius 3 is 2.63 bits per heavy atom. The van der Waals surface area contributed by atoms with E-state index in [1.807, 2.05) is 31.2 Å². The van der Waals surface area contributed by atoms with Gasteiger partial charge in [-0.1, -0.05) is 52.7 Å². The molecule has 1 atom stereocenters. The molecule has 1 nitrogen and oxygen atoms in total. The summed E-state index contributed by atoms with van der Waals surface area (Å²) in [5.74, 6) is -0.218. The van der Waals surface area contributed by atoms with Crippen LogP contribution in [0.1, 0.15) is 24.1 Å². The van der Waals surface area contributed by atoms with Gasteiger partial charge < -0.3 is 5.32 Å². The number of benzene rings is 2. The van der Waals surface area contributed by atoms with Gasteiger partial charge >= 0.3 is 0 Å². The first kappa shape index (κ1) is 14.5. The highest BCUT2D eigenvalue weighted by atomic mass is 79.9. The molecule has 1 unspecified atom stereocenters. The lowest BCUT2D eigenvalue weighted by atomic mass is 9.98. The molecule has 1 N–H and O–H groups in total. The van der Waals surface area contributed by atoms with Gasteiger partial charge in [0.15, 0.2) is 0 Å². The lowest BCUT2D eigenvalue weighted by Gasteiger charge is -2.20. The smallest absolute Gasteiger partial charge is 0.128 e. The Labute approximate surface area is 125 Å². The zero-order valence-electron chi connectivity index (χ0n) is 10.5. The van der Waals surface area contributed by atoms with Crippen molar-refractivity contribution in [3.8, 4) is 0 Å². The highest BCUT2D eigenvalue weighted by molar-refractivity contribution is 9.10. The van der Waals surface area contributed by atoms with Gasteiger partial charge in [0.05, 0.1) is 6.04 Å². The van der Waals surface area contributed by atoms with Gasteiger partial charge in [-0.2, -0.15) is 0 Å². The Morgan fingerprint density at radius 2 is 2.00 bits per heavy atom. The van der Waals surface area contributed by atoms with E-state index in [4.69, 9.17) is 11.6 Å². The number of halogens is 3. The molecule has 0 spiro atoms. The molecule has 0 aliphatic heterocycles. The first-order chi connectivity index (χ1) is 9.11. The maximum Gasteiger partial charge on any atom is 0.128 e. The average molecular weight is 343 g/mol. The maximum atomic E-state index is 14.0. The van der Waals surface area contributed by atoms with Crippen LogP contribution >= 0.6 is 27.5 Å². The van der Waals surface area contributed by atoms with Crippen LogP contribution < -0.4 is 5.32 Å². The minimum atomic E-state index is -0.218. The second kappa shape index (κ2) is 6.51. The molecule has 19 heavy (non-hydrogen) atoms. The van der Waals surface area contributed by atoms with Crippen LogP contribution in [-0.4, -0.2) is 6.54 Å². The predicted octanol–water partition coefficient (Wildman–Crippen LogP) is 4.94. The van der Waals surface area contributed by atoms with Gasteiger partial charge in [-0.15, -0.1) is 0 Å². The Kier molecular flexibility index (Phi) is 4.97. The van der Waals surface area contributed by atoms with E-state index in [1.165, 1.54) is 6.07 Å². The lowest BCUT2D eigenvalue weighted by molar-refractivity contribution is 0.559. The predicted molar refractivity (Wildman–Crippen MR) is 81.1 cm³/mol. The van der Waals surface area contributed by atoms with Gasteiger partial charge in [0.25, 0.3) is 0 Å². The summed E-state index contributed by atoms with van der Waals surface area (Å²) < 4.78 is 14.8. The van der Waals surface area contributed by atoms with Gasteiger partial charge in [0, 0.05) is 15.1 Å². The summed E-state index contributed by atoms with van der Waals surface area (Å²) in [4.78, 5) is 0. The third kappa shape index (κ3) is 3.56. The molecule has 100 valence electrons. The standard InChI is InChI=1S/C15H14BrClFN/c1-2-19-15(13-5-3-4-6-14(13)18)10-7-11(16)9-12(17)8-10/h3-9,15,19H,2H2,1H3. The van der Waals surface area contributed by atoms with Crippen LogP contribution in [0.5, 0.6) is 0 Å². The fraction of sp³-hybridized carbons (Fsp3) is 0.200. The SMILES string of the molecule is CCNC(c1cc(Cl)cc(Br)c1)c1ccccc1F. The van der Waals surface area contributed by atoms with Gasteiger partial charge in [-0.05, 0) is 36.4 Å². The zero-order valence-corrected chi connectivity index (χ0v) is 12.8. The van der Waals surface area contributed by atoms with Gasteiger partial charge in [-0.3, -0.25) is 0 Å². The molecule has 0 aliphatic rings. The van der Waals surface area contributed by atoms with E-state index >= 15 is 0 Å². The van der Waals surface area contributed by atoms with Crippen LogP contribution in [0.3, 0.4) is 0 Å². The summed E-state index contributed by atoms with van der Waals surface area (Å²) in [6.45, 7) is 2.73. The molecule has 4 heteroatoms. The third-order valence-electron chi connectivity index (χ3n) is 2.84. The van der Waals surface area contributed by atoms with Crippen molar-refractivity contribution < 1.29 is 4.39 Å². The van der Waals surface area contributed by atoms with Crippen LogP contribution in [0.4, 0.5) is 4.39 Å². The van der Waals surface area contributed by atoms with E-state index in [9.17, 15) is 4.39 Å². The van der Waals surface area contributed by atoms with E-state index in [2.05, 4.69) is 21.2 Å². The molecule has 0 fully saturated rings. The van der Waals surface area contributed by atoms with E-state index in [0.29, 0.717) is 10.6 Å². The minimum Gasteiger partial charge on any atom is -0.306 e. The number of nitrogens with one attached hydrogen (secondary N) is 1. The highest BCUT2D eigenvalue weighted by Gasteiger charge is 2.17. The topological polar surface area (TPSA) is 12.0 Å². The monoisotopic (exact) mass is 341 g/mol. The Hall–Kier alpha value is -0.900. The van der Waals surface area contributed by atoms with Crippen molar-refractivity contribution in [1.82, 2.24) is 5.32 Å². The van der Waals surface area contributed by atoms with Crippen molar-refractivity contribution in [2.75, 3.05) is 6.54 Å². The Bertz CT molecular complexity index is 554. The minimum absolute atomic E-state index is 0.207. The summed E-state index contributed by atoms with van der Waals surface area (Å²) in [5, 5.41) is 3.92. The molecule has 0 saturated carbocycles. The van der Waals surface area contributed by atoms with Crippen LogP contribution in [0, 0.1) is 5.82 Å². The molecule has 2 rings (SSSR count). The molecule has 0 amide bonds. The summed E-state index contributed by atoms with van der Waals surface area (Å²) in [6, 6.07) is 12.2. The van der Waals surface area contributed by atoms with E-state index < -0.39 is 0 Å². The van der Waals surface area contributed by atoms with E-state index in [1.54, 1.807) is 12.1 Å². The van der Waals surface area contributed by atoms with E-state index in [0.717, 1.165) is 16.6 Å². The number of hydrogen-bond acceptors (Lipinski definition) is 1. The van der Waals surface area contributed by atoms with Crippen molar-refractivity contribution in [3.63, 3.8) is 0 Å². The van der Waals surface area contributed by atoms with Gasteiger partial charge in [0.1, 0.15) is 5.82 Å². The second-order valence-corrected chi connectivity index (χ2v) is 5.57. The van der Waals surface area contributed by atoms with Crippen LogP contribution in [-0.2, 0) is 0 Å². The van der Waals surface area contributed by atoms with Crippen LogP contribution in [0.15, 0.2) is 46.9 Å². The first-order valence-electron chi connectivity index (χ1n) is 6.05. The molecule has 2 aromatic carbocycles. The molecular weight excluding hydrogens is 329 g/mol. The van der Waals surface area contributed by atoms with Crippen molar-refractivity contribution in [3.05, 3.63) is 68.9 Å². The quantitative estimate of drug-likeness (QED) is 0.830. The van der Waals surface area contributed by atoms with Crippen LogP contribution in [0.25, 0.3) is 0 Å². The summed E-state index contributed by atoms with van der Waals surface area (Å²) in [7, 11) is 0. The number of hydrogen-bond donors (Lipinski definition) is 1. The first-order valence-corrected chi connectivity index (χ1v) is 7.22. The van der Waals surface area contributed by atoms with Crippen LogP contribution in [0.2, 0.25) is 5.02 Å². The Balaban J connectivity index is 2.48. The van der Waals surface area contributed by atoms with Gasteiger partial charge in [-0.25, -0.2) is 4.39 Å². The maximum absolute atomic E-state index is 14.0. The lowest BCUT2D eigenvalue weighted by Crippen LogP contribution is -2.23. The third-order valence-corrected chi connectivity index (χ3v) is 3.52. The fourth-order valence-corrected chi connectivity index (χ4v) is 2.95. The molecule has 0 heterocycles. The summed E-state index contributed by atoms with van der Waals surface area (Å²) >= 11 is 9.49. The fourth-order valence-electron chi connectivity index (χ4n) is 2.06. The molecular formula is C15H14BrClFN. The summed E-state index contributed by atoms with van der Waals surface area (Å²) in [6.07, 6.45) is 0. The van der Waals surface area contributed by atoms with Crippen molar-refractivity contribution in [1.29, 1.82) is 0 Å². The molecule has 0 saturated heterocycles. The molecule has 0 aromatic heterocycles. The largest absolute Gasteiger partial charge is 0.306 e. The van der Waals surface area contributed by atoms with E-state index in [-0.39, 0.29) is 11.9 Å². The Morgan fingerprint density at radius 1 is 1.26 bits per heavy atom. The molecule has 2 aromatic rings. The molecule has 0 radical (unpaired) electrons. The zero-order chi connectivity index (χ0) is 13.8. The number of rotatable bonds is 4.